The molecular formula is C26H16ClF3N2O. The number of carbonyl (C=O) groups is 1. The fourth-order valence-corrected chi connectivity index (χ4v) is 4.32. The lowest BCUT2D eigenvalue weighted by molar-refractivity contribution is 0.100. The molecule has 164 valence electrons. The van der Waals surface area contributed by atoms with Gasteiger partial charge in [0.25, 0.3) is 0 Å². The third kappa shape index (κ3) is 3.62. The van der Waals surface area contributed by atoms with Gasteiger partial charge in [0.1, 0.15) is 5.82 Å². The van der Waals surface area contributed by atoms with Crippen molar-refractivity contribution in [1.82, 2.24) is 4.57 Å². The molecule has 0 unspecified atom stereocenters. The lowest BCUT2D eigenvalue weighted by Crippen LogP contribution is -2.11. The number of halogens is 4. The van der Waals surface area contributed by atoms with Gasteiger partial charge < -0.3 is 10.3 Å². The van der Waals surface area contributed by atoms with Gasteiger partial charge in [-0.05, 0) is 47.5 Å². The first-order chi connectivity index (χ1) is 15.8. The Morgan fingerprint density at radius 2 is 1.52 bits per heavy atom. The summed E-state index contributed by atoms with van der Waals surface area (Å²) in [6, 6.07) is 19.5. The first kappa shape index (κ1) is 21.1. The van der Waals surface area contributed by atoms with Crippen LogP contribution in [-0.4, -0.2) is 10.5 Å². The van der Waals surface area contributed by atoms with Crippen LogP contribution in [0.25, 0.3) is 32.9 Å². The Kier molecular flexibility index (Phi) is 5.10. The molecule has 0 atom stereocenters. The molecule has 0 bridgehead atoms. The Morgan fingerprint density at radius 3 is 2.24 bits per heavy atom. The van der Waals surface area contributed by atoms with Crippen LogP contribution in [0.5, 0.6) is 0 Å². The minimum atomic E-state index is -1.25. The first-order valence-corrected chi connectivity index (χ1v) is 10.5. The Labute approximate surface area is 191 Å². The molecule has 0 aliphatic heterocycles. The summed E-state index contributed by atoms with van der Waals surface area (Å²) in [7, 11) is 0. The number of benzene rings is 4. The maximum atomic E-state index is 14.5. The number of hydrogen-bond donors (Lipinski definition) is 1. The second-order valence-corrected chi connectivity index (χ2v) is 8.18. The van der Waals surface area contributed by atoms with Crippen molar-refractivity contribution in [2.45, 2.75) is 6.54 Å². The standard InChI is InChI=1S/C26H16ClF3N2O/c27-17-7-4-14(5-8-17)15-6-9-18-24(11-15)32(13-16-10-21(29)22(30)12-20(16)28)23-3-1-2-19(25(18)23)26(31)33/h1-12H,13H2,(H2,31,33). The summed E-state index contributed by atoms with van der Waals surface area (Å²) in [5.74, 6) is -3.84. The quantitative estimate of drug-likeness (QED) is 0.296. The van der Waals surface area contributed by atoms with Gasteiger partial charge in [-0.15, -0.1) is 0 Å². The number of rotatable bonds is 4. The molecule has 0 aliphatic rings. The summed E-state index contributed by atoms with van der Waals surface area (Å²) in [5, 5.41) is 1.96. The molecule has 0 saturated heterocycles. The van der Waals surface area contributed by atoms with Crippen molar-refractivity contribution >= 4 is 39.3 Å². The molecule has 0 fully saturated rings. The van der Waals surface area contributed by atoms with Gasteiger partial charge >= 0.3 is 0 Å². The highest BCUT2D eigenvalue weighted by Gasteiger charge is 2.19. The molecular weight excluding hydrogens is 449 g/mol. The molecule has 1 amide bonds. The van der Waals surface area contributed by atoms with E-state index in [9.17, 15) is 18.0 Å². The third-order valence-corrected chi connectivity index (χ3v) is 6.00. The Morgan fingerprint density at radius 1 is 0.818 bits per heavy atom. The van der Waals surface area contributed by atoms with Crippen molar-refractivity contribution in [2.75, 3.05) is 0 Å². The minimum Gasteiger partial charge on any atom is -0.366 e. The van der Waals surface area contributed by atoms with E-state index in [0.29, 0.717) is 33.1 Å². The van der Waals surface area contributed by atoms with E-state index in [-0.39, 0.29) is 12.1 Å². The topological polar surface area (TPSA) is 48.0 Å². The maximum Gasteiger partial charge on any atom is 0.249 e. The van der Waals surface area contributed by atoms with E-state index >= 15 is 0 Å². The van der Waals surface area contributed by atoms with Crippen LogP contribution < -0.4 is 5.73 Å². The maximum absolute atomic E-state index is 14.5. The molecule has 5 aromatic rings. The Bertz CT molecular complexity index is 1560. The number of nitrogens with zero attached hydrogens (tertiary/aromatic N) is 1. The fourth-order valence-electron chi connectivity index (χ4n) is 4.20. The van der Waals surface area contributed by atoms with E-state index in [1.54, 1.807) is 34.9 Å². The van der Waals surface area contributed by atoms with Crippen molar-refractivity contribution in [3.8, 4) is 11.1 Å². The summed E-state index contributed by atoms with van der Waals surface area (Å²) in [6.45, 7) is -0.0741. The van der Waals surface area contributed by atoms with Crippen LogP contribution in [0.3, 0.4) is 0 Å². The van der Waals surface area contributed by atoms with Crippen LogP contribution in [0.1, 0.15) is 15.9 Å². The SMILES string of the molecule is NC(=O)c1cccc2c1c1ccc(-c3ccc(Cl)cc3)cc1n2Cc1cc(F)c(F)cc1F. The van der Waals surface area contributed by atoms with Crippen molar-refractivity contribution in [2.24, 2.45) is 5.73 Å². The predicted molar refractivity (Wildman–Crippen MR) is 124 cm³/mol. The smallest absolute Gasteiger partial charge is 0.249 e. The molecule has 0 radical (unpaired) electrons. The minimum absolute atomic E-state index is 0.0194. The summed E-state index contributed by atoms with van der Waals surface area (Å²) >= 11 is 6.01. The molecule has 0 saturated carbocycles. The largest absolute Gasteiger partial charge is 0.366 e. The summed E-state index contributed by atoms with van der Waals surface area (Å²) in [6.07, 6.45) is 0. The van der Waals surface area contributed by atoms with E-state index in [0.717, 1.165) is 22.6 Å². The number of primary amides is 1. The second kappa shape index (κ2) is 7.98. The summed E-state index contributed by atoms with van der Waals surface area (Å²) in [4.78, 5) is 12.1. The number of amides is 1. The molecule has 2 N–H and O–H groups in total. The lowest BCUT2D eigenvalue weighted by atomic mass is 10.0. The van der Waals surface area contributed by atoms with Gasteiger partial charge in [0.15, 0.2) is 11.6 Å². The van der Waals surface area contributed by atoms with Gasteiger partial charge in [0.05, 0.1) is 17.6 Å². The Hall–Kier alpha value is -3.77. The third-order valence-electron chi connectivity index (χ3n) is 5.75. The number of aromatic nitrogens is 1. The average molecular weight is 465 g/mol. The highest BCUT2D eigenvalue weighted by atomic mass is 35.5. The van der Waals surface area contributed by atoms with E-state index in [1.165, 1.54) is 0 Å². The van der Waals surface area contributed by atoms with Gasteiger partial charge in [-0.3, -0.25) is 4.79 Å². The molecule has 4 aromatic carbocycles. The monoisotopic (exact) mass is 464 g/mol. The van der Waals surface area contributed by atoms with E-state index in [4.69, 9.17) is 17.3 Å². The van der Waals surface area contributed by atoms with Crippen molar-refractivity contribution in [3.63, 3.8) is 0 Å². The second-order valence-electron chi connectivity index (χ2n) is 7.75. The van der Waals surface area contributed by atoms with Gasteiger partial charge in [0.2, 0.25) is 5.91 Å². The number of fused-ring (bicyclic) bond motifs is 3. The van der Waals surface area contributed by atoms with Gasteiger partial charge in [0, 0.05) is 33.0 Å². The van der Waals surface area contributed by atoms with Crippen LogP contribution in [-0.2, 0) is 6.54 Å². The molecule has 5 rings (SSSR count). The molecule has 0 spiro atoms. The van der Waals surface area contributed by atoms with Crippen molar-refractivity contribution in [3.05, 3.63) is 106 Å². The molecule has 7 heteroatoms. The number of carbonyl (C=O) groups excluding carboxylic acids is 1. The molecule has 3 nitrogen and oxygen atoms in total. The molecule has 1 heterocycles. The van der Waals surface area contributed by atoms with E-state index in [2.05, 4.69) is 0 Å². The van der Waals surface area contributed by atoms with Crippen LogP contribution in [0.2, 0.25) is 5.02 Å². The van der Waals surface area contributed by atoms with Crippen LogP contribution in [0.4, 0.5) is 13.2 Å². The van der Waals surface area contributed by atoms with E-state index in [1.807, 2.05) is 30.3 Å². The highest BCUT2D eigenvalue weighted by Crippen LogP contribution is 2.35. The van der Waals surface area contributed by atoms with Crippen LogP contribution >= 0.6 is 11.6 Å². The van der Waals surface area contributed by atoms with Gasteiger partial charge in [-0.1, -0.05) is 41.9 Å². The normalized spacial score (nSPS) is 11.4. The lowest BCUT2D eigenvalue weighted by Gasteiger charge is -2.11. The van der Waals surface area contributed by atoms with Gasteiger partial charge in [-0.2, -0.15) is 0 Å². The number of hydrogen-bond acceptors (Lipinski definition) is 1. The van der Waals surface area contributed by atoms with Gasteiger partial charge in [-0.25, -0.2) is 13.2 Å². The molecule has 33 heavy (non-hydrogen) atoms. The van der Waals surface area contributed by atoms with Crippen LogP contribution in [0, 0.1) is 17.5 Å². The summed E-state index contributed by atoms with van der Waals surface area (Å²) < 4.78 is 43.6. The molecule has 0 aliphatic carbocycles. The zero-order chi connectivity index (χ0) is 23.3. The highest BCUT2D eigenvalue weighted by molar-refractivity contribution is 6.30. The van der Waals surface area contributed by atoms with Crippen LogP contribution in [0.15, 0.2) is 72.8 Å². The zero-order valence-corrected chi connectivity index (χ0v) is 17.8. The number of nitrogens with two attached hydrogens (primary N) is 1. The van der Waals surface area contributed by atoms with Crippen molar-refractivity contribution < 1.29 is 18.0 Å². The van der Waals surface area contributed by atoms with E-state index < -0.39 is 23.4 Å². The average Bonchev–Trinajstić information content (AvgIpc) is 3.11. The predicted octanol–water partition coefficient (Wildman–Crippen LogP) is 6.68. The summed E-state index contributed by atoms with van der Waals surface area (Å²) in [5.41, 5.74) is 9.01. The Balaban J connectivity index is 1.80. The molecule has 1 aromatic heterocycles. The fraction of sp³-hybridized carbons (Fsp3) is 0.0385. The zero-order valence-electron chi connectivity index (χ0n) is 17.1. The van der Waals surface area contributed by atoms with Crippen molar-refractivity contribution in [1.29, 1.82) is 0 Å². The first-order valence-electron chi connectivity index (χ1n) is 10.1.